The molecular formula is C27H29FN2O6. The second kappa shape index (κ2) is 12.4. The largest absolute Gasteiger partial charge is 0.497 e. The predicted octanol–water partition coefficient (Wildman–Crippen LogP) is 4.81. The summed E-state index contributed by atoms with van der Waals surface area (Å²) in [4.78, 5) is 27.4. The average Bonchev–Trinajstić information content (AvgIpc) is 2.91. The van der Waals surface area contributed by atoms with Crippen LogP contribution in [0.5, 0.6) is 23.0 Å². The van der Waals surface area contributed by atoms with Crippen LogP contribution in [0, 0.1) is 5.82 Å². The van der Waals surface area contributed by atoms with Gasteiger partial charge in [0.15, 0.2) is 11.5 Å². The Morgan fingerprint density at radius 2 is 1.42 bits per heavy atom. The first-order valence-electron chi connectivity index (χ1n) is 11.2. The van der Waals surface area contributed by atoms with Crippen LogP contribution in [0.2, 0.25) is 0 Å². The highest BCUT2D eigenvalue weighted by Gasteiger charge is 2.22. The molecule has 0 atom stereocenters. The molecule has 0 fully saturated rings. The van der Waals surface area contributed by atoms with E-state index in [1.807, 2.05) is 24.3 Å². The van der Waals surface area contributed by atoms with E-state index >= 15 is 0 Å². The minimum absolute atomic E-state index is 0.0557. The minimum Gasteiger partial charge on any atom is -0.497 e. The van der Waals surface area contributed by atoms with Crippen molar-refractivity contribution in [2.75, 3.05) is 38.7 Å². The second-order valence-corrected chi connectivity index (χ2v) is 7.77. The van der Waals surface area contributed by atoms with E-state index in [2.05, 4.69) is 5.32 Å². The number of nitrogens with zero attached hydrogens (tertiary/aromatic N) is 1. The summed E-state index contributed by atoms with van der Waals surface area (Å²) in [5.41, 5.74) is 1.83. The van der Waals surface area contributed by atoms with Gasteiger partial charge in [-0.2, -0.15) is 0 Å². The van der Waals surface area contributed by atoms with E-state index in [4.69, 9.17) is 18.9 Å². The Balaban J connectivity index is 1.84. The predicted molar refractivity (Wildman–Crippen MR) is 135 cm³/mol. The number of ether oxygens (including phenoxy) is 4. The molecule has 0 bridgehead atoms. The maximum atomic E-state index is 13.4. The number of benzene rings is 3. The molecule has 2 amide bonds. The Kier molecular flexibility index (Phi) is 9.10. The molecule has 0 aliphatic heterocycles. The van der Waals surface area contributed by atoms with Crippen LogP contribution in [0.15, 0.2) is 60.7 Å². The first kappa shape index (κ1) is 26.3. The molecule has 9 heteroatoms. The van der Waals surface area contributed by atoms with Crippen molar-refractivity contribution >= 4 is 23.2 Å². The fourth-order valence-electron chi connectivity index (χ4n) is 3.57. The van der Waals surface area contributed by atoms with Crippen molar-refractivity contribution in [2.45, 2.75) is 19.4 Å². The number of nitrogens with one attached hydrogen (secondary N) is 1. The molecule has 8 nitrogen and oxygen atoms in total. The van der Waals surface area contributed by atoms with E-state index in [0.29, 0.717) is 34.4 Å². The molecular weight excluding hydrogens is 467 g/mol. The maximum Gasteiger partial charge on any atom is 0.227 e. The molecule has 190 valence electrons. The third-order valence-electron chi connectivity index (χ3n) is 5.46. The first-order valence-corrected chi connectivity index (χ1v) is 11.2. The van der Waals surface area contributed by atoms with E-state index in [1.54, 1.807) is 24.1 Å². The number of hydrogen-bond donors (Lipinski definition) is 1. The van der Waals surface area contributed by atoms with E-state index in [-0.39, 0.29) is 31.2 Å². The lowest BCUT2D eigenvalue weighted by molar-refractivity contribution is -0.122. The lowest BCUT2D eigenvalue weighted by atomic mass is 10.1. The van der Waals surface area contributed by atoms with Crippen LogP contribution < -0.4 is 29.2 Å². The van der Waals surface area contributed by atoms with Gasteiger partial charge in [0.2, 0.25) is 17.6 Å². The zero-order chi connectivity index (χ0) is 26.1. The van der Waals surface area contributed by atoms with Crippen LogP contribution in [0.4, 0.5) is 15.8 Å². The second-order valence-electron chi connectivity index (χ2n) is 7.77. The number of halogens is 1. The van der Waals surface area contributed by atoms with Gasteiger partial charge >= 0.3 is 0 Å². The highest BCUT2D eigenvalue weighted by atomic mass is 19.1. The van der Waals surface area contributed by atoms with E-state index < -0.39 is 5.82 Å². The summed E-state index contributed by atoms with van der Waals surface area (Å²) in [5.74, 6) is 0.851. The molecule has 3 aromatic carbocycles. The Labute approximate surface area is 209 Å². The topological polar surface area (TPSA) is 86.3 Å². The number of hydrogen-bond acceptors (Lipinski definition) is 6. The van der Waals surface area contributed by atoms with Gasteiger partial charge in [-0.25, -0.2) is 4.39 Å². The van der Waals surface area contributed by atoms with Gasteiger partial charge in [-0.05, 0) is 42.0 Å². The molecule has 1 N–H and O–H groups in total. The van der Waals surface area contributed by atoms with Crippen molar-refractivity contribution in [3.05, 3.63) is 72.0 Å². The zero-order valence-corrected chi connectivity index (χ0v) is 20.7. The fraction of sp³-hybridized carbons (Fsp3) is 0.259. The molecule has 0 aliphatic carbocycles. The molecule has 0 heterocycles. The molecule has 0 saturated carbocycles. The summed E-state index contributed by atoms with van der Waals surface area (Å²) >= 11 is 0. The number of methoxy groups -OCH3 is 4. The highest BCUT2D eigenvalue weighted by molar-refractivity contribution is 5.98. The van der Waals surface area contributed by atoms with Crippen molar-refractivity contribution in [3.8, 4) is 23.0 Å². The Bertz CT molecular complexity index is 1160. The summed E-state index contributed by atoms with van der Waals surface area (Å²) in [6.07, 6.45) is -0.112. The number of rotatable bonds is 11. The highest BCUT2D eigenvalue weighted by Crippen LogP contribution is 2.41. The maximum absolute atomic E-state index is 13.4. The SMILES string of the molecule is COc1ccc(CN(C(=O)CCC(=O)Nc2ccc(F)cc2)c2cc(OC)c(OC)c(OC)c2)cc1. The lowest BCUT2D eigenvalue weighted by Crippen LogP contribution is -2.31. The van der Waals surface area contributed by atoms with Crippen molar-refractivity contribution < 1.29 is 32.9 Å². The molecule has 0 aliphatic rings. The van der Waals surface area contributed by atoms with Crippen LogP contribution in [0.3, 0.4) is 0 Å². The minimum atomic E-state index is -0.400. The Morgan fingerprint density at radius 1 is 0.806 bits per heavy atom. The molecule has 3 aromatic rings. The number of carbonyl (C=O) groups is 2. The zero-order valence-electron chi connectivity index (χ0n) is 20.7. The lowest BCUT2D eigenvalue weighted by Gasteiger charge is -2.25. The molecule has 36 heavy (non-hydrogen) atoms. The molecule has 0 aromatic heterocycles. The summed E-state index contributed by atoms with van der Waals surface area (Å²) in [6.45, 7) is 0.237. The van der Waals surface area contributed by atoms with Crippen molar-refractivity contribution in [2.24, 2.45) is 0 Å². The van der Waals surface area contributed by atoms with Gasteiger partial charge in [-0.15, -0.1) is 0 Å². The fourth-order valence-corrected chi connectivity index (χ4v) is 3.57. The van der Waals surface area contributed by atoms with Gasteiger partial charge in [-0.3, -0.25) is 9.59 Å². The molecule has 0 radical (unpaired) electrons. The molecule has 3 rings (SSSR count). The summed E-state index contributed by atoms with van der Waals surface area (Å²) in [6, 6.07) is 16.1. The van der Waals surface area contributed by atoms with Gasteiger partial charge < -0.3 is 29.2 Å². The van der Waals surface area contributed by atoms with Crippen LogP contribution in [-0.4, -0.2) is 40.3 Å². The van der Waals surface area contributed by atoms with Gasteiger partial charge in [0.05, 0.1) is 40.7 Å². The van der Waals surface area contributed by atoms with Gasteiger partial charge in [0.1, 0.15) is 11.6 Å². The van der Waals surface area contributed by atoms with Crippen LogP contribution in [-0.2, 0) is 16.1 Å². The molecule has 0 spiro atoms. The Hall–Kier alpha value is -4.27. The smallest absolute Gasteiger partial charge is 0.227 e. The summed E-state index contributed by atoms with van der Waals surface area (Å²) in [5, 5.41) is 2.67. The molecule has 0 unspecified atom stereocenters. The summed E-state index contributed by atoms with van der Waals surface area (Å²) in [7, 11) is 6.07. The standard InChI is InChI=1S/C27H29FN2O6/c1-33-22-11-5-18(6-12-22)17-30(21-15-23(34-2)27(36-4)24(16-21)35-3)26(32)14-13-25(31)29-20-9-7-19(28)8-10-20/h5-12,15-16H,13-14,17H2,1-4H3,(H,29,31). The van der Waals surface area contributed by atoms with Crippen molar-refractivity contribution in [3.63, 3.8) is 0 Å². The quantitative estimate of drug-likeness (QED) is 0.410. The number of amides is 2. The number of carbonyl (C=O) groups excluding carboxylic acids is 2. The van der Waals surface area contributed by atoms with E-state index in [0.717, 1.165) is 5.56 Å². The Morgan fingerprint density at radius 3 is 1.94 bits per heavy atom. The van der Waals surface area contributed by atoms with Gasteiger partial charge in [0, 0.05) is 30.7 Å². The van der Waals surface area contributed by atoms with Crippen LogP contribution in [0.1, 0.15) is 18.4 Å². The monoisotopic (exact) mass is 496 g/mol. The normalized spacial score (nSPS) is 10.4. The van der Waals surface area contributed by atoms with Crippen LogP contribution >= 0.6 is 0 Å². The van der Waals surface area contributed by atoms with Crippen molar-refractivity contribution in [1.82, 2.24) is 0 Å². The number of anilines is 2. The molecule has 0 saturated heterocycles. The third kappa shape index (κ3) is 6.65. The van der Waals surface area contributed by atoms with Crippen molar-refractivity contribution in [1.29, 1.82) is 0 Å². The third-order valence-corrected chi connectivity index (χ3v) is 5.46. The average molecular weight is 497 g/mol. The van der Waals surface area contributed by atoms with E-state index in [1.165, 1.54) is 45.6 Å². The van der Waals surface area contributed by atoms with E-state index in [9.17, 15) is 14.0 Å². The first-order chi connectivity index (χ1) is 17.4. The summed E-state index contributed by atoms with van der Waals surface area (Å²) < 4.78 is 34.6. The van der Waals surface area contributed by atoms with Gasteiger partial charge in [-0.1, -0.05) is 12.1 Å². The van der Waals surface area contributed by atoms with Crippen LogP contribution in [0.25, 0.3) is 0 Å². The van der Waals surface area contributed by atoms with Gasteiger partial charge in [0.25, 0.3) is 0 Å².